The van der Waals surface area contributed by atoms with Crippen LogP contribution in [0.15, 0.2) is 0 Å². The van der Waals surface area contributed by atoms with Gasteiger partial charge in [-0.15, -0.1) is 0 Å². The molecule has 0 aromatic heterocycles. The van der Waals surface area contributed by atoms with Gasteiger partial charge in [0.15, 0.2) is 0 Å². The molecule has 0 spiro atoms. The molecule has 1 aliphatic rings. The fraction of sp³-hybridized carbons (Fsp3) is 0.750. The third-order valence-electron chi connectivity index (χ3n) is 0.954. The topological polar surface area (TPSA) is 0 Å². The van der Waals surface area contributed by atoms with Crippen LogP contribution in [0.5, 0.6) is 0 Å². The first-order valence-corrected chi connectivity index (χ1v) is 6.44. The van der Waals surface area contributed by atoms with Crippen LogP contribution in [0.1, 0.15) is 12.8 Å². The summed E-state index contributed by atoms with van der Waals surface area (Å²) in [5.74, 6) is 0. The molecule has 0 N–H and O–H groups in total. The third kappa shape index (κ3) is 1.27. The van der Waals surface area contributed by atoms with Crippen LogP contribution in [-0.4, -0.2) is 29.3 Å². The van der Waals surface area contributed by atoms with Crippen molar-refractivity contribution in [2.45, 2.75) is 16.0 Å². The fourth-order valence-corrected chi connectivity index (χ4v) is 4.45. The first-order chi connectivity index (χ1) is 2.89. The van der Waals surface area contributed by atoms with Gasteiger partial charge in [-0.1, -0.05) is 0 Å². The summed E-state index contributed by atoms with van der Waals surface area (Å²) in [6.45, 7) is 0. The van der Waals surface area contributed by atoms with Gasteiger partial charge in [-0.25, -0.2) is 0 Å². The van der Waals surface area contributed by atoms with Crippen molar-refractivity contribution in [3.63, 3.8) is 0 Å². The second-order valence-electron chi connectivity index (χ2n) is 1.52. The SMILES string of the molecule is Cl[CH]1CC[CH]=[In]1. The minimum absolute atomic E-state index is 0.267. The van der Waals surface area contributed by atoms with Crippen molar-refractivity contribution in [1.82, 2.24) is 0 Å². The van der Waals surface area contributed by atoms with Crippen molar-refractivity contribution in [2.75, 3.05) is 0 Å². The summed E-state index contributed by atoms with van der Waals surface area (Å²) in [5, 5.41) is 0. The van der Waals surface area contributed by atoms with Gasteiger partial charge >= 0.3 is 53.8 Å². The van der Waals surface area contributed by atoms with Gasteiger partial charge in [-0.3, -0.25) is 0 Å². The van der Waals surface area contributed by atoms with E-state index < -0.39 is 0 Å². The molecule has 1 aliphatic heterocycles. The summed E-state index contributed by atoms with van der Waals surface area (Å²) in [6.07, 6.45) is 2.60. The van der Waals surface area contributed by atoms with E-state index in [9.17, 15) is 0 Å². The molecule has 0 saturated heterocycles. The van der Waals surface area contributed by atoms with E-state index in [4.69, 9.17) is 11.6 Å². The van der Waals surface area contributed by atoms with Crippen LogP contribution in [0.25, 0.3) is 0 Å². The molecule has 0 aliphatic carbocycles. The normalized spacial score (nSPS) is 30.5. The molecule has 0 fully saturated rings. The molecule has 2 heteroatoms. The zero-order valence-corrected chi connectivity index (χ0v) is 7.58. The van der Waals surface area contributed by atoms with Crippen LogP contribution >= 0.6 is 11.6 Å². The minimum atomic E-state index is -0.267. The third-order valence-corrected chi connectivity index (χ3v) is 6.02. The van der Waals surface area contributed by atoms with Crippen LogP contribution in [0.3, 0.4) is 0 Å². The Labute approximate surface area is 53.7 Å². The number of halogens is 1. The van der Waals surface area contributed by atoms with E-state index in [2.05, 4.69) is 3.76 Å². The molecule has 1 atom stereocenters. The molecule has 0 aromatic rings. The van der Waals surface area contributed by atoms with Crippen LogP contribution in [0.2, 0.25) is 0 Å². The van der Waals surface area contributed by atoms with Crippen molar-refractivity contribution >= 4 is 37.8 Å². The molecule has 0 radical (unpaired) electrons. The fourth-order valence-electron chi connectivity index (χ4n) is 0.596. The van der Waals surface area contributed by atoms with Crippen molar-refractivity contribution in [3.05, 3.63) is 0 Å². The Balaban J connectivity index is 2.38. The quantitative estimate of drug-likeness (QED) is 0.513. The molecule has 1 heterocycles. The summed E-state index contributed by atoms with van der Waals surface area (Å²) in [5.41, 5.74) is 0. The molecule has 0 saturated carbocycles. The van der Waals surface area contributed by atoms with E-state index in [0.29, 0.717) is 3.13 Å². The molecule has 6 heavy (non-hydrogen) atoms. The average molecular weight is 204 g/mol. The van der Waals surface area contributed by atoms with Gasteiger partial charge in [-0.05, 0) is 0 Å². The predicted molar refractivity (Wildman–Crippen MR) is 30.7 cm³/mol. The van der Waals surface area contributed by atoms with Gasteiger partial charge in [0.1, 0.15) is 0 Å². The molecule has 1 unspecified atom stereocenters. The van der Waals surface area contributed by atoms with E-state index in [1.807, 2.05) is 0 Å². The Hall–Kier alpha value is 1.03. The van der Waals surface area contributed by atoms with Crippen molar-refractivity contribution in [2.24, 2.45) is 0 Å². The monoisotopic (exact) mass is 204 g/mol. The summed E-state index contributed by atoms with van der Waals surface area (Å²) in [4.78, 5) is 0. The molecule has 0 nitrogen and oxygen atoms in total. The summed E-state index contributed by atoms with van der Waals surface area (Å²) in [6, 6.07) is 0. The van der Waals surface area contributed by atoms with Crippen LogP contribution < -0.4 is 0 Å². The van der Waals surface area contributed by atoms with Gasteiger partial charge in [0.25, 0.3) is 0 Å². The molecule has 32 valence electrons. The number of hydrogen-bond donors (Lipinski definition) is 0. The molecule has 0 bridgehead atoms. The van der Waals surface area contributed by atoms with Crippen LogP contribution in [0, 0.1) is 0 Å². The Kier molecular flexibility index (Phi) is 2.04. The van der Waals surface area contributed by atoms with Crippen LogP contribution in [0.4, 0.5) is 0 Å². The Morgan fingerprint density at radius 2 is 2.67 bits per heavy atom. The molecular formula is C4H6ClIn. The second kappa shape index (κ2) is 2.37. The zero-order chi connectivity index (χ0) is 4.41. The second-order valence-corrected chi connectivity index (χ2v) is 8.03. The average Bonchev–Trinajstić information content (AvgIpc) is 1.86. The first-order valence-electron chi connectivity index (χ1n) is 2.20. The molecular weight excluding hydrogens is 198 g/mol. The van der Waals surface area contributed by atoms with E-state index >= 15 is 0 Å². The Morgan fingerprint density at radius 3 is 2.83 bits per heavy atom. The maximum absolute atomic E-state index is 5.77. The standard InChI is InChI=1S/C4H6Cl.In/c1-2-3-4-5;/h1,4H,2-3H2;. The molecule has 0 aromatic carbocycles. The molecule has 0 amide bonds. The first kappa shape index (κ1) is 5.17. The van der Waals surface area contributed by atoms with E-state index in [0.717, 1.165) is 0 Å². The van der Waals surface area contributed by atoms with Crippen molar-refractivity contribution < 1.29 is 0 Å². The van der Waals surface area contributed by atoms with Crippen molar-refractivity contribution in [1.29, 1.82) is 0 Å². The van der Waals surface area contributed by atoms with Crippen molar-refractivity contribution in [3.8, 4) is 0 Å². The van der Waals surface area contributed by atoms with E-state index in [1.54, 1.807) is 0 Å². The van der Waals surface area contributed by atoms with Crippen LogP contribution in [-0.2, 0) is 0 Å². The van der Waals surface area contributed by atoms with Gasteiger partial charge < -0.3 is 0 Å². The predicted octanol–water partition coefficient (Wildman–Crippen LogP) is 0.852. The zero-order valence-electron chi connectivity index (χ0n) is 3.52. The van der Waals surface area contributed by atoms with E-state index in [1.165, 1.54) is 12.8 Å². The van der Waals surface area contributed by atoms with Gasteiger partial charge in [0, 0.05) is 0 Å². The number of rotatable bonds is 0. The Morgan fingerprint density at radius 1 is 1.83 bits per heavy atom. The van der Waals surface area contributed by atoms with Gasteiger partial charge in [-0.2, -0.15) is 0 Å². The summed E-state index contributed by atoms with van der Waals surface area (Å²) in [7, 11) is 0. The number of alkyl halides is 1. The van der Waals surface area contributed by atoms with Gasteiger partial charge in [0.2, 0.25) is 0 Å². The molecule has 1 rings (SSSR count). The van der Waals surface area contributed by atoms with Gasteiger partial charge in [0.05, 0.1) is 0 Å². The van der Waals surface area contributed by atoms with E-state index in [-0.39, 0.29) is 22.4 Å². The number of hydrogen-bond acceptors (Lipinski definition) is 0. The summed E-state index contributed by atoms with van der Waals surface area (Å²) >= 11 is 5.50. The maximum atomic E-state index is 5.77. The summed E-state index contributed by atoms with van der Waals surface area (Å²) < 4.78 is 3.09. The Bertz CT molecular complexity index is 69.9.